The quantitative estimate of drug-likeness (QED) is 0.825. The Morgan fingerprint density at radius 1 is 1.21 bits per heavy atom. The van der Waals surface area contributed by atoms with Crippen LogP contribution < -0.4 is 0 Å². The van der Waals surface area contributed by atoms with Crippen LogP contribution >= 0.6 is 0 Å². The van der Waals surface area contributed by atoms with Crippen LogP contribution in [0.4, 0.5) is 0 Å². The zero-order valence-electron chi connectivity index (χ0n) is 13.0. The number of β-amino-alcohol motifs (C(OH)–C–C–N with tert-alkyl or cyclic N) is 1. The topological polar surface area (TPSA) is 43.8 Å². The van der Waals surface area contributed by atoms with Crippen LogP contribution in [0.1, 0.15) is 40.5 Å². The first-order valence-corrected chi connectivity index (χ1v) is 7.43. The maximum atomic E-state index is 12.2. The van der Waals surface area contributed by atoms with E-state index in [1.165, 1.54) is 0 Å². The number of aliphatic hydroxyl groups is 1. The van der Waals surface area contributed by atoms with E-state index in [1.807, 2.05) is 4.90 Å². The number of nitrogens with zero attached hydrogens (tertiary/aromatic N) is 2. The second-order valence-corrected chi connectivity index (χ2v) is 7.02. The zero-order chi connectivity index (χ0) is 14.5. The van der Waals surface area contributed by atoms with Crippen molar-refractivity contribution in [1.29, 1.82) is 0 Å². The largest absolute Gasteiger partial charge is 0.395 e. The second kappa shape index (κ2) is 7.25. The molecule has 1 unspecified atom stereocenters. The number of carbonyl (C=O) groups excluding carboxylic acids is 1. The predicted octanol–water partition coefficient (Wildman–Crippen LogP) is 1.59. The molecule has 0 aromatic rings. The fraction of sp³-hybridized carbons (Fsp3) is 0.933. The number of carbonyl (C=O) groups is 1. The maximum absolute atomic E-state index is 12.2. The van der Waals surface area contributed by atoms with Gasteiger partial charge < -0.3 is 10.0 Å². The van der Waals surface area contributed by atoms with Crippen molar-refractivity contribution in [3.63, 3.8) is 0 Å². The first-order valence-electron chi connectivity index (χ1n) is 7.43. The lowest BCUT2D eigenvalue weighted by molar-refractivity contribution is -0.134. The number of hydrogen-bond donors (Lipinski definition) is 1. The van der Waals surface area contributed by atoms with Crippen LogP contribution in [0.25, 0.3) is 0 Å². The third-order valence-corrected chi connectivity index (χ3v) is 3.63. The van der Waals surface area contributed by atoms with E-state index in [4.69, 9.17) is 5.11 Å². The Balaban J connectivity index is 2.31. The summed E-state index contributed by atoms with van der Waals surface area (Å²) in [5, 5.41) is 8.90. The number of piperazine rings is 1. The molecule has 0 bridgehead atoms. The van der Waals surface area contributed by atoms with Gasteiger partial charge in [0.2, 0.25) is 5.91 Å². The van der Waals surface area contributed by atoms with Crippen molar-refractivity contribution in [2.24, 2.45) is 11.3 Å². The molecule has 0 aliphatic carbocycles. The van der Waals surface area contributed by atoms with Gasteiger partial charge in [-0.2, -0.15) is 0 Å². The van der Waals surface area contributed by atoms with Gasteiger partial charge in [-0.05, 0) is 17.8 Å². The average Bonchev–Trinajstić information content (AvgIpc) is 2.27. The molecule has 0 saturated carbocycles. The molecule has 1 aliphatic rings. The molecule has 0 aromatic heterocycles. The van der Waals surface area contributed by atoms with Crippen LogP contribution in [0.3, 0.4) is 0 Å². The van der Waals surface area contributed by atoms with E-state index in [9.17, 15) is 4.79 Å². The normalized spacial score (nSPS) is 19.5. The predicted molar refractivity (Wildman–Crippen MR) is 78.0 cm³/mol. The Kier molecular flexibility index (Phi) is 6.27. The van der Waals surface area contributed by atoms with Gasteiger partial charge in [0.25, 0.3) is 0 Å². The molecule has 1 amide bonds. The summed E-state index contributed by atoms with van der Waals surface area (Å²) in [6, 6.07) is 0. The van der Waals surface area contributed by atoms with Crippen LogP contribution in [0.15, 0.2) is 0 Å². The summed E-state index contributed by atoms with van der Waals surface area (Å²) in [5.41, 5.74) is 0.291. The fourth-order valence-electron chi connectivity index (χ4n) is 2.91. The Hall–Kier alpha value is -0.610. The second-order valence-electron chi connectivity index (χ2n) is 7.02. The number of aliphatic hydroxyl groups excluding tert-OH is 1. The van der Waals surface area contributed by atoms with Crippen molar-refractivity contribution >= 4 is 5.91 Å². The van der Waals surface area contributed by atoms with E-state index in [-0.39, 0.29) is 6.61 Å². The highest BCUT2D eigenvalue weighted by Crippen LogP contribution is 2.26. The van der Waals surface area contributed by atoms with Crippen LogP contribution in [-0.2, 0) is 4.79 Å². The Morgan fingerprint density at radius 2 is 1.79 bits per heavy atom. The Morgan fingerprint density at radius 3 is 2.26 bits per heavy atom. The van der Waals surface area contributed by atoms with Gasteiger partial charge in [-0.15, -0.1) is 0 Å². The molecule has 19 heavy (non-hydrogen) atoms. The minimum absolute atomic E-state index is 0.205. The molecule has 112 valence electrons. The highest BCUT2D eigenvalue weighted by atomic mass is 16.3. The van der Waals surface area contributed by atoms with E-state index in [0.29, 0.717) is 23.7 Å². The van der Waals surface area contributed by atoms with Gasteiger partial charge in [-0.3, -0.25) is 9.69 Å². The monoisotopic (exact) mass is 270 g/mol. The number of amides is 1. The van der Waals surface area contributed by atoms with Crippen LogP contribution in [0, 0.1) is 11.3 Å². The molecule has 1 fully saturated rings. The standard InChI is InChI=1S/C15H30N2O2/c1-13(12-15(2,3)4)11-14(19)17-7-5-16(6-8-17)9-10-18/h13,18H,5-12H2,1-4H3. The first kappa shape index (κ1) is 16.4. The lowest BCUT2D eigenvalue weighted by atomic mass is 9.84. The summed E-state index contributed by atoms with van der Waals surface area (Å²) in [6.07, 6.45) is 1.75. The van der Waals surface area contributed by atoms with Crippen molar-refractivity contribution in [2.45, 2.75) is 40.5 Å². The van der Waals surface area contributed by atoms with E-state index in [0.717, 1.165) is 39.1 Å². The molecule has 4 nitrogen and oxygen atoms in total. The van der Waals surface area contributed by atoms with Crippen molar-refractivity contribution in [3.8, 4) is 0 Å². The Bertz CT molecular complexity index is 278. The average molecular weight is 270 g/mol. The van der Waals surface area contributed by atoms with E-state index in [2.05, 4.69) is 32.6 Å². The van der Waals surface area contributed by atoms with Gasteiger partial charge in [-0.1, -0.05) is 27.7 Å². The van der Waals surface area contributed by atoms with Crippen molar-refractivity contribution < 1.29 is 9.90 Å². The van der Waals surface area contributed by atoms with Crippen LogP contribution in [-0.4, -0.2) is 60.1 Å². The summed E-state index contributed by atoms with van der Waals surface area (Å²) in [4.78, 5) is 16.4. The SMILES string of the molecule is CC(CC(=O)N1CCN(CCO)CC1)CC(C)(C)C. The van der Waals surface area contributed by atoms with Crippen LogP contribution in [0.2, 0.25) is 0 Å². The van der Waals surface area contributed by atoms with E-state index in [1.54, 1.807) is 0 Å². The lowest BCUT2D eigenvalue weighted by Crippen LogP contribution is -2.49. The summed E-state index contributed by atoms with van der Waals surface area (Å²) >= 11 is 0. The molecule has 1 rings (SSSR count). The highest BCUT2D eigenvalue weighted by molar-refractivity contribution is 5.76. The van der Waals surface area contributed by atoms with Gasteiger partial charge in [0.15, 0.2) is 0 Å². The molecule has 0 spiro atoms. The third kappa shape index (κ3) is 6.39. The van der Waals surface area contributed by atoms with Gasteiger partial charge in [-0.25, -0.2) is 0 Å². The molecule has 1 N–H and O–H groups in total. The molecular weight excluding hydrogens is 240 g/mol. The van der Waals surface area contributed by atoms with E-state index >= 15 is 0 Å². The minimum atomic E-state index is 0.205. The minimum Gasteiger partial charge on any atom is -0.395 e. The van der Waals surface area contributed by atoms with Gasteiger partial charge >= 0.3 is 0 Å². The first-order chi connectivity index (χ1) is 8.81. The Labute approximate surface area is 117 Å². The summed E-state index contributed by atoms with van der Waals surface area (Å²) in [5.74, 6) is 0.739. The third-order valence-electron chi connectivity index (χ3n) is 3.63. The summed E-state index contributed by atoms with van der Waals surface area (Å²) in [6.45, 7) is 13.2. The molecule has 0 aromatic carbocycles. The molecule has 1 heterocycles. The number of rotatable bonds is 5. The molecule has 1 aliphatic heterocycles. The van der Waals surface area contributed by atoms with Gasteiger partial charge in [0, 0.05) is 39.1 Å². The van der Waals surface area contributed by atoms with Crippen molar-refractivity contribution in [3.05, 3.63) is 0 Å². The summed E-state index contributed by atoms with van der Waals surface area (Å²) < 4.78 is 0. The van der Waals surface area contributed by atoms with Crippen molar-refractivity contribution in [2.75, 3.05) is 39.3 Å². The van der Waals surface area contributed by atoms with E-state index < -0.39 is 0 Å². The molecule has 1 saturated heterocycles. The highest BCUT2D eigenvalue weighted by Gasteiger charge is 2.23. The molecule has 4 heteroatoms. The summed E-state index contributed by atoms with van der Waals surface area (Å²) in [7, 11) is 0. The zero-order valence-corrected chi connectivity index (χ0v) is 13.0. The molecule has 0 radical (unpaired) electrons. The van der Waals surface area contributed by atoms with Crippen molar-refractivity contribution in [1.82, 2.24) is 9.80 Å². The van der Waals surface area contributed by atoms with Gasteiger partial charge in [0.05, 0.1) is 6.61 Å². The number of hydrogen-bond acceptors (Lipinski definition) is 3. The lowest BCUT2D eigenvalue weighted by Gasteiger charge is -2.35. The molecule has 1 atom stereocenters. The van der Waals surface area contributed by atoms with Gasteiger partial charge in [0.1, 0.15) is 0 Å². The smallest absolute Gasteiger partial charge is 0.222 e. The maximum Gasteiger partial charge on any atom is 0.222 e. The fourth-order valence-corrected chi connectivity index (χ4v) is 2.91. The van der Waals surface area contributed by atoms with Crippen LogP contribution in [0.5, 0.6) is 0 Å². The molecular formula is C15H30N2O2.